The van der Waals surface area contributed by atoms with Crippen molar-refractivity contribution in [3.8, 4) is 5.75 Å². The smallest absolute Gasteiger partial charge is 0.220 e. The standard InChI is InChI=1S/C17H28N2O2/c1-14-11-15(2)13-16(12-14)21-10-9-19-17(20)7-5-3-4-6-8-18/h11-13H,3-10,18H2,1-2H3,(H,19,20). The van der Waals surface area contributed by atoms with Crippen molar-refractivity contribution in [3.05, 3.63) is 29.3 Å². The number of ether oxygens (including phenoxy) is 1. The number of carbonyl (C=O) groups excluding carboxylic acids is 1. The Labute approximate surface area is 128 Å². The molecule has 0 heterocycles. The molecule has 3 N–H and O–H groups in total. The molecule has 0 saturated carbocycles. The van der Waals surface area contributed by atoms with Gasteiger partial charge in [-0.05, 0) is 56.5 Å². The highest BCUT2D eigenvalue weighted by Crippen LogP contribution is 2.15. The Morgan fingerprint density at radius 1 is 1.10 bits per heavy atom. The molecule has 0 saturated heterocycles. The number of aryl methyl sites for hydroxylation is 2. The summed E-state index contributed by atoms with van der Waals surface area (Å²) in [6, 6.07) is 6.12. The molecule has 1 amide bonds. The molecule has 0 aliphatic heterocycles. The molecule has 118 valence electrons. The quantitative estimate of drug-likeness (QED) is 0.652. The number of hydrogen-bond donors (Lipinski definition) is 2. The fourth-order valence-corrected chi connectivity index (χ4v) is 2.25. The molecule has 0 spiro atoms. The molecule has 1 rings (SSSR count). The maximum absolute atomic E-state index is 11.6. The molecule has 0 atom stereocenters. The number of carbonyl (C=O) groups is 1. The molecule has 1 aromatic rings. The predicted molar refractivity (Wildman–Crippen MR) is 86.6 cm³/mol. The second kappa shape index (κ2) is 10.2. The summed E-state index contributed by atoms with van der Waals surface area (Å²) in [5.74, 6) is 0.968. The Bertz CT molecular complexity index is 413. The van der Waals surface area contributed by atoms with Crippen molar-refractivity contribution >= 4 is 5.91 Å². The van der Waals surface area contributed by atoms with Gasteiger partial charge < -0.3 is 15.8 Å². The third-order valence-electron chi connectivity index (χ3n) is 3.25. The summed E-state index contributed by atoms with van der Waals surface area (Å²) in [5, 5.41) is 2.88. The van der Waals surface area contributed by atoms with Gasteiger partial charge in [0.15, 0.2) is 0 Å². The van der Waals surface area contributed by atoms with Gasteiger partial charge in [0.05, 0.1) is 6.54 Å². The molecule has 0 radical (unpaired) electrons. The molecule has 0 aliphatic carbocycles. The van der Waals surface area contributed by atoms with E-state index in [1.807, 2.05) is 26.0 Å². The van der Waals surface area contributed by atoms with Crippen molar-refractivity contribution in [2.75, 3.05) is 19.7 Å². The number of hydrogen-bond acceptors (Lipinski definition) is 3. The van der Waals surface area contributed by atoms with Crippen LogP contribution in [-0.4, -0.2) is 25.6 Å². The van der Waals surface area contributed by atoms with Crippen molar-refractivity contribution < 1.29 is 9.53 Å². The minimum Gasteiger partial charge on any atom is -0.492 e. The van der Waals surface area contributed by atoms with E-state index in [1.54, 1.807) is 0 Å². The van der Waals surface area contributed by atoms with Gasteiger partial charge in [-0.15, -0.1) is 0 Å². The maximum atomic E-state index is 11.6. The molecule has 0 bridgehead atoms. The first-order chi connectivity index (χ1) is 10.1. The van der Waals surface area contributed by atoms with E-state index in [0.717, 1.165) is 38.0 Å². The summed E-state index contributed by atoms with van der Waals surface area (Å²) in [6.07, 6.45) is 4.76. The first-order valence-corrected chi connectivity index (χ1v) is 7.79. The second-order valence-electron chi connectivity index (χ2n) is 5.47. The van der Waals surface area contributed by atoms with Crippen molar-refractivity contribution in [1.29, 1.82) is 0 Å². The van der Waals surface area contributed by atoms with Gasteiger partial charge in [-0.1, -0.05) is 18.9 Å². The van der Waals surface area contributed by atoms with Crippen LogP contribution < -0.4 is 15.8 Å². The van der Waals surface area contributed by atoms with Crippen LogP contribution in [0.3, 0.4) is 0 Å². The highest BCUT2D eigenvalue weighted by Gasteiger charge is 2.01. The average Bonchev–Trinajstić information content (AvgIpc) is 2.42. The number of nitrogens with two attached hydrogens (primary N) is 1. The van der Waals surface area contributed by atoms with Gasteiger partial charge in [-0.25, -0.2) is 0 Å². The minimum atomic E-state index is 0.103. The normalized spacial score (nSPS) is 10.4. The van der Waals surface area contributed by atoms with Crippen LogP contribution in [0.5, 0.6) is 5.75 Å². The van der Waals surface area contributed by atoms with E-state index in [0.29, 0.717) is 19.6 Å². The van der Waals surface area contributed by atoms with Gasteiger partial charge in [0.1, 0.15) is 12.4 Å². The SMILES string of the molecule is Cc1cc(C)cc(OCCNC(=O)CCCCCCN)c1. The van der Waals surface area contributed by atoms with Crippen LogP contribution in [0.4, 0.5) is 0 Å². The highest BCUT2D eigenvalue weighted by atomic mass is 16.5. The number of nitrogens with one attached hydrogen (secondary N) is 1. The fraction of sp³-hybridized carbons (Fsp3) is 0.588. The van der Waals surface area contributed by atoms with Crippen molar-refractivity contribution in [2.24, 2.45) is 5.73 Å². The van der Waals surface area contributed by atoms with Gasteiger partial charge in [0, 0.05) is 6.42 Å². The first kappa shape index (κ1) is 17.5. The zero-order chi connectivity index (χ0) is 15.5. The summed E-state index contributed by atoms with van der Waals surface area (Å²) in [4.78, 5) is 11.6. The largest absolute Gasteiger partial charge is 0.492 e. The molecule has 0 unspecified atom stereocenters. The van der Waals surface area contributed by atoms with Gasteiger partial charge in [-0.3, -0.25) is 4.79 Å². The van der Waals surface area contributed by atoms with Crippen LogP contribution in [0, 0.1) is 13.8 Å². The second-order valence-corrected chi connectivity index (χ2v) is 5.47. The summed E-state index contributed by atoms with van der Waals surface area (Å²) < 4.78 is 5.65. The molecule has 0 aromatic heterocycles. The Morgan fingerprint density at radius 3 is 2.43 bits per heavy atom. The zero-order valence-electron chi connectivity index (χ0n) is 13.3. The maximum Gasteiger partial charge on any atom is 0.220 e. The van der Waals surface area contributed by atoms with Crippen LogP contribution in [-0.2, 0) is 4.79 Å². The number of rotatable bonds is 10. The molecular weight excluding hydrogens is 264 g/mol. The molecule has 4 heteroatoms. The van der Waals surface area contributed by atoms with E-state index < -0.39 is 0 Å². The molecule has 0 fully saturated rings. The highest BCUT2D eigenvalue weighted by molar-refractivity contribution is 5.75. The lowest BCUT2D eigenvalue weighted by molar-refractivity contribution is -0.121. The predicted octanol–water partition coefficient (Wildman–Crippen LogP) is 2.71. The number of benzene rings is 1. The van der Waals surface area contributed by atoms with Crippen molar-refractivity contribution in [1.82, 2.24) is 5.32 Å². The molecular formula is C17H28N2O2. The Kier molecular flexibility index (Phi) is 8.51. The van der Waals surface area contributed by atoms with Gasteiger partial charge >= 0.3 is 0 Å². The van der Waals surface area contributed by atoms with Crippen LogP contribution >= 0.6 is 0 Å². The van der Waals surface area contributed by atoms with Gasteiger partial charge in [-0.2, -0.15) is 0 Å². The first-order valence-electron chi connectivity index (χ1n) is 7.79. The van der Waals surface area contributed by atoms with Gasteiger partial charge in [0.2, 0.25) is 5.91 Å². The Hall–Kier alpha value is -1.55. The molecule has 21 heavy (non-hydrogen) atoms. The number of unbranched alkanes of at least 4 members (excludes halogenated alkanes) is 3. The third kappa shape index (κ3) is 8.35. The Morgan fingerprint density at radius 2 is 1.76 bits per heavy atom. The van der Waals surface area contributed by atoms with E-state index in [9.17, 15) is 4.79 Å². The Balaban J connectivity index is 2.09. The van der Waals surface area contributed by atoms with E-state index in [-0.39, 0.29) is 5.91 Å². The van der Waals surface area contributed by atoms with E-state index in [4.69, 9.17) is 10.5 Å². The fourth-order valence-electron chi connectivity index (χ4n) is 2.25. The van der Waals surface area contributed by atoms with Crippen LogP contribution in [0.1, 0.15) is 43.2 Å². The lowest BCUT2D eigenvalue weighted by Crippen LogP contribution is -2.27. The lowest BCUT2D eigenvalue weighted by atomic mass is 10.1. The monoisotopic (exact) mass is 292 g/mol. The van der Waals surface area contributed by atoms with Gasteiger partial charge in [0.25, 0.3) is 0 Å². The van der Waals surface area contributed by atoms with Crippen LogP contribution in [0.25, 0.3) is 0 Å². The van der Waals surface area contributed by atoms with Crippen molar-refractivity contribution in [3.63, 3.8) is 0 Å². The third-order valence-corrected chi connectivity index (χ3v) is 3.25. The summed E-state index contributed by atoms with van der Waals surface area (Å²) >= 11 is 0. The zero-order valence-corrected chi connectivity index (χ0v) is 13.3. The lowest BCUT2D eigenvalue weighted by Gasteiger charge is -2.09. The summed E-state index contributed by atoms with van der Waals surface area (Å²) in [5.41, 5.74) is 7.80. The summed E-state index contributed by atoms with van der Waals surface area (Å²) in [6.45, 7) is 5.89. The van der Waals surface area contributed by atoms with Crippen molar-refractivity contribution in [2.45, 2.75) is 46.0 Å². The molecule has 4 nitrogen and oxygen atoms in total. The van der Waals surface area contributed by atoms with E-state index in [2.05, 4.69) is 11.4 Å². The van der Waals surface area contributed by atoms with Crippen LogP contribution in [0.2, 0.25) is 0 Å². The number of amides is 1. The topological polar surface area (TPSA) is 64.3 Å². The average molecular weight is 292 g/mol. The van der Waals surface area contributed by atoms with E-state index >= 15 is 0 Å². The molecule has 0 aliphatic rings. The molecule has 1 aromatic carbocycles. The van der Waals surface area contributed by atoms with E-state index in [1.165, 1.54) is 11.1 Å². The minimum absolute atomic E-state index is 0.103. The van der Waals surface area contributed by atoms with Crippen LogP contribution in [0.15, 0.2) is 18.2 Å². The summed E-state index contributed by atoms with van der Waals surface area (Å²) in [7, 11) is 0.